The van der Waals surface area contributed by atoms with Gasteiger partial charge in [0.15, 0.2) is 5.54 Å². The SMILES string of the molecule is CCOCC(C)(Nc1cccc(Br)c1)C(=O)OCC. The van der Waals surface area contributed by atoms with Gasteiger partial charge in [0.1, 0.15) is 0 Å². The molecule has 0 aromatic heterocycles. The number of nitrogens with one attached hydrogen (secondary N) is 1. The Balaban J connectivity index is 2.87. The van der Waals surface area contributed by atoms with E-state index in [1.165, 1.54) is 0 Å². The molecule has 0 radical (unpaired) electrons. The second-order valence-corrected chi connectivity index (χ2v) is 5.24. The molecule has 4 nitrogen and oxygen atoms in total. The molecule has 0 fully saturated rings. The van der Waals surface area contributed by atoms with Gasteiger partial charge >= 0.3 is 5.97 Å². The number of rotatable bonds is 7. The minimum atomic E-state index is -0.896. The average molecular weight is 330 g/mol. The zero-order valence-electron chi connectivity index (χ0n) is 11.5. The molecule has 0 aliphatic heterocycles. The minimum absolute atomic E-state index is 0.259. The van der Waals surface area contributed by atoms with Gasteiger partial charge in [-0.25, -0.2) is 4.79 Å². The lowest BCUT2D eigenvalue weighted by atomic mass is 10.0. The maximum Gasteiger partial charge on any atom is 0.333 e. The van der Waals surface area contributed by atoms with Crippen LogP contribution in [-0.2, 0) is 14.3 Å². The summed E-state index contributed by atoms with van der Waals surface area (Å²) in [5.74, 6) is -0.316. The number of carbonyl (C=O) groups excluding carboxylic acids is 1. The van der Waals surface area contributed by atoms with Crippen LogP contribution in [0.5, 0.6) is 0 Å². The molecule has 1 unspecified atom stereocenters. The topological polar surface area (TPSA) is 47.6 Å². The Morgan fingerprint density at radius 1 is 1.37 bits per heavy atom. The lowest BCUT2D eigenvalue weighted by Gasteiger charge is -2.29. The highest BCUT2D eigenvalue weighted by atomic mass is 79.9. The first-order chi connectivity index (χ1) is 9.01. The molecule has 0 aliphatic carbocycles. The van der Waals surface area contributed by atoms with Gasteiger partial charge in [-0.15, -0.1) is 0 Å². The van der Waals surface area contributed by atoms with Crippen LogP contribution in [0.15, 0.2) is 28.7 Å². The monoisotopic (exact) mass is 329 g/mol. The summed E-state index contributed by atoms with van der Waals surface area (Å²) in [6, 6.07) is 7.63. The van der Waals surface area contributed by atoms with Crippen molar-refractivity contribution in [3.63, 3.8) is 0 Å². The number of halogens is 1. The predicted octanol–water partition coefficient (Wildman–Crippen LogP) is 3.22. The van der Waals surface area contributed by atoms with Crippen molar-refractivity contribution in [2.75, 3.05) is 25.1 Å². The molecule has 5 heteroatoms. The van der Waals surface area contributed by atoms with Gasteiger partial charge in [-0.1, -0.05) is 22.0 Å². The van der Waals surface area contributed by atoms with Crippen LogP contribution in [0.3, 0.4) is 0 Å². The van der Waals surface area contributed by atoms with Crippen molar-refractivity contribution < 1.29 is 14.3 Å². The maximum atomic E-state index is 12.1. The third-order valence-corrected chi connectivity index (χ3v) is 3.06. The number of benzene rings is 1. The van der Waals surface area contributed by atoms with Crippen molar-refractivity contribution in [2.45, 2.75) is 26.3 Å². The van der Waals surface area contributed by atoms with E-state index in [0.29, 0.717) is 13.2 Å². The number of esters is 1. The van der Waals surface area contributed by atoms with Crippen LogP contribution in [0, 0.1) is 0 Å². The highest BCUT2D eigenvalue weighted by Gasteiger charge is 2.35. The number of ether oxygens (including phenoxy) is 2. The van der Waals surface area contributed by atoms with E-state index >= 15 is 0 Å². The normalized spacial score (nSPS) is 13.7. The summed E-state index contributed by atoms with van der Waals surface area (Å²) in [6.45, 7) is 6.62. The first-order valence-corrected chi connectivity index (χ1v) is 7.10. The molecule has 0 spiro atoms. The van der Waals surface area contributed by atoms with Crippen molar-refractivity contribution in [3.05, 3.63) is 28.7 Å². The van der Waals surface area contributed by atoms with Crippen LogP contribution >= 0.6 is 15.9 Å². The largest absolute Gasteiger partial charge is 0.464 e. The number of carbonyl (C=O) groups is 1. The fourth-order valence-electron chi connectivity index (χ4n) is 1.63. The second kappa shape index (κ2) is 7.50. The molecule has 0 amide bonds. The van der Waals surface area contributed by atoms with Crippen molar-refractivity contribution >= 4 is 27.6 Å². The van der Waals surface area contributed by atoms with Crippen LogP contribution in [0.4, 0.5) is 5.69 Å². The third-order valence-electron chi connectivity index (χ3n) is 2.57. The first kappa shape index (κ1) is 16.0. The van der Waals surface area contributed by atoms with Gasteiger partial charge in [0.05, 0.1) is 13.2 Å². The molecule has 0 saturated heterocycles. The van der Waals surface area contributed by atoms with Crippen LogP contribution in [0.1, 0.15) is 20.8 Å². The fourth-order valence-corrected chi connectivity index (χ4v) is 2.03. The lowest BCUT2D eigenvalue weighted by Crippen LogP contribution is -2.48. The Morgan fingerprint density at radius 3 is 2.68 bits per heavy atom. The van der Waals surface area contributed by atoms with Crippen molar-refractivity contribution in [1.82, 2.24) is 0 Å². The van der Waals surface area contributed by atoms with Gasteiger partial charge in [0.2, 0.25) is 0 Å². The summed E-state index contributed by atoms with van der Waals surface area (Å²) in [4.78, 5) is 12.1. The van der Waals surface area contributed by atoms with Crippen LogP contribution in [-0.4, -0.2) is 31.3 Å². The van der Waals surface area contributed by atoms with Gasteiger partial charge in [-0.3, -0.25) is 0 Å². The Bertz CT molecular complexity index is 425. The van der Waals surface area contributed by atoms with Gasteiger partial charge in [0.25, 0.3) is 0 Å². The fraction of sp³-hybridized carbons (Fsp3) is 0.500. The van der Waals surface area contributed by atoms with E-state index in [-0.39, 0.29) is 12.6 Å². The molecular formula is C14H20BrNO3. The molecule has 19 heavy (non-hydrogen) atoms. The van der Waals surface area contributed by atoms with Crippen molar-refractivity contribution in [2.24, 2.45) is 0 Å². The second-order valence-electron chi connectivity index (χ2n) is 4.33. The summed E-state index contributed by atoms with van der Waals surface area (Å²) < 4.78 is 11.5. The van der Waals surface area contributed by atoms with Crippen LogP contribution in [0.2, 0.25) is 0 Å². The smallest absolute Gasteiger partial charge is 0.333 e. The highest BCUT2D eigenvalue weighted by Crippen LogP contribution is 2.21. The lowest BCUT2D eigenvalue weighted by molar-refractivity contribution is -0.150. The van der Waals surface area contributed by atoms with Gasteiger partial charge in [-0.2, -0.15) is 0 Å². The van der Waals surface area contributed by atoms with E-state index in [4.69, 9.17) is 9.47 Å². The summed E-state index contributed by atoms with van der Waals surface area (Å²) >= 11 is 3.40. The molecule has 1 rings (SSSR count). The highest BCUT2D eigenvalue weighted by molar-refractivity contribution is 9.10. The summed E-state index contributed by atoms with van der Waals surface area (Å²) in [6.07, 6.45) is 0. The van der Waals surface area contributed by atoms with Crippen LogP contribution in [0.25, 0.3) is 0 Å². The molecule has 1 atom stereocenters. The molecule has 0 aliphatic rings. The Hall–Kier alpha value is -1.07. The molecule has 1 aromatic carbocycles. The average Bonchev–Trinajstić information content (AvgIpc) is 2.36. The van der Waals surface area contributed by atoms with Gasteiger partial charge in [0, 0.05) is 16.8 Å². The summed E-state index contributed by atoms with van der Waals surface area (Å²) in [7, 11) is 0. The zero-order chi connectivity index (χ0) is 14.3. The van der Waals surface area contributed by atoms with Crippen molar-refractivity contribution in [1.29, 1.82) is 0 Å². The molecule has 0 heterocycles. The van der Waals surface area contributed by atoms with E-state index in [0.717, 1.165) is 10.2 Å². The standard InChI is InChI=1S/C14H20BrNO3/c1-4-18-10-14(3,13(17)19-5-2)16-12-8-6-7-11(15)9-12/h6-9,16H,4-5,10H2,1-3H3. The van der Waals surface area contributed by atoms with E-state index < -0.39 is 5.54 Å². The summed E-state index contributed by atoms with van der Waals surface area (Å²) in [5, 5.41) is 3.19. The molecule has 1 aromatic rings. The van der Waals surface area contributed by atoms with E-state index in [9.17, 15) is 4.79 Å². The number of hydrogen-bond acceptors (Lipinski definition) is 4. The molecule has 106 valence electrons. The molecule has 0 saturated carbocycles. The Labute approximate surface area is 122 Å². The quantitative estimate of drug-likeness (QED) is 0.780. The Kier molecular flexibility index (Phi) is 6.31. The van der Waals surface area contributed by atoms with Crippen molar-refractivity contribution in [3.8, 4) is 0 Å². The van der Waals surface area contributed by atoms with E-state index in [1.807, 2.05) is 31.2 Å². The summed E-state index contributed by atoms with van der Waals surface area (Å²) in [5.41, 5.74) is -0.0584. The van der Waals surface area contributed by atoms with E-state index in [1.54, 1.807) is 13.8 Å². The number of anilines is 1. The first-order valence-electron chi connectivity index (χ1n) is 6.30. The zero-order valence-corrected chi connectivity index (χ0v) is 13.1. The maximum absolute atomic E-state index is 12.1. The van der Waals surface area contributed by atoms with Gasteiger partial charge < -0.3 is 14.8 Å². The molecule has 1 N–H and O–H groups in total. The third kappa shape index (κ3) is 4.84. The predicted molar refractivity (Wildman–Crippen MR) is 79.3 cm³/mol. The number of hydrogen-bond donors (Lipinski definition) is 1. The van der Waals surface area contributed by atoms with Crippen LogP contribution < -0.4 is 5.32 Å². The minimum Gasteiger partial charge on any atom is -0.464 e. The molecule has 0 bridgehead atoms. The van der Waals surface area contributed by atoms with E-state index in [2.05, 4.69) is 21.2 Å². The Morgan fingerprint density at radius 2 is 2.11 bits per heavy atom. The molecular weight excluding hydrogens is 310 g/mol. The van der Waals surface area contributed by atoms with Gasteiger partial charge in [-0.05, 0) is 39.0 Å².